The van der Waals surface area contributed by atoms with E-state index in [2.05, 4.69) is 31.0 Å². The average molecular weight is 358 g/mol. The van der Waals surface area contributed by atoms with Crippen molar-refractivity contribution in [2.45, 2.75) is 5.16 Å². The van der Waals surface area contributed by atoms with Crippen LogP contribution in [0.1, 0.15) is 0 Å². The van der Waals surface area contributed by atoms with Crippen LogP contribution >= 0.6 is 26.6 Å². The predicted molar refractivity (Wildman–Crippen MR) is 64.6 cm³/mol. The van der Waals surface area contributed by atoms with E-state index in [0.29, 0.717) is 4.47 Å². The van der Waals surface area contributed by atoms with Crippen LogP contribution in [0.4, 0.5) is 0 Å². The van der Waals surface area contributed by atoms with Crippen molar-refractivity contribution >= 4 is 41.3 Å². The van der Waals surface area contributed by atoms with Crippen molar-refractivity contribution in [2.24, 2.45) is 0 Å². The van der Waals surface area contributed by atoms with Crippen LogP contribution in [-0.2, 0) is 9.05 Å². The molecule has 0 saturated heterocycles. The average Bonchev–Trinajstić information content (AvgIpc) is 2.75. The second kappa shape index (κ2) is 4.52. The molecule has 0 N–H and O–H groups in total. The molecule has 0 aliphatic rings. The molecule has 0 saturated carbocycles. The summed E-state index contributed by atoms with van der Waals surface area (Å²) >= 11 is 3.18. The molecule has 98 valence electrons. The van der Waals surface area contributed by atoms with E-state index < -0.39 is 14.2 Å². The highest BCUT2D eigenvalue weighted by atomic mass is 79.9. The summed E-state index contributed by atoms with van der Waals surface area (Å²) in [6.45, 7) is 0. The fourth-order valence-corrected chi connectivity index (χ4v) is 2.30. The van der Waals surface area contributed by atoms with Gasteiger partial charge in [-0.05, 0) is 15.9 Å². The number of fused-ring (bicyclic) bond motifs is 1. The second-order valence-corrected chi connectivity index (χ2v) is 6.24. The Morgan fingerprint density at radius 3 is 2.44 bits per heavy atom. The maximum Gasteiger partial charge on any atom is 0.322 e. The highest BCUT2D eigenvalue weighted by molar-refractivity contribution is 9.10. The van der Waals surface area contributed by atoms with Gasteiger partial charge in [-0.25, -0.2) is 8.42 Å². The van der Waals surface area contributed by atoms with Crippen molar-refractivity contribution in [3.63, 3.8) is 0 Å². The van der Waals surface area contributed by atoms with E-state index in [4.69, 9.17) is 20.2 Å². The van der Waals surface area contributed by atoms with Crippen LogP contribution in [-0.4, -0.2) is 42.2 Å². The molecule has 0 aliphatic heterocycles. The van der Waals surface area contributed by atoms with Gasteiger partial charge in [-0.1, -0.05) is 0 Å². The van der Waals surface area contributed by atoms with Gasteiger partial charge >= 0.3 is 6.01 Å². The lowest BCUT2D eigenvalue weighted by Gasteiger charge is -2.06. The first kappa shape index (κ1) is 13.3. The lowest BCUT2D eigenvalue weighted by molar-refractivity contribution is 0.341. The molecular weight excluding hydrogens is 352 g/mol. The summed E-state index contributed by atoms with van der Waals surface area (Å²) in [7, 11) is 3.89. The number of nitrogens with zero attached hydrogens (tertiary/aromatic N) is 4. The van der Waals surface area contributed by atoms with Gasteiger partial charge in [-0.3, -0.25) is 0 Å². The lowest BCUT2D eigenvalue weighted by Crippen LogP contribution is -2.02. The number of rotatable bonds is 3. The van der Waals surface area contributed by atoms with Gasteiger partial charge in [0.2, 0.25) is 5.88 Å². The Kier molecular flexibility index (Phi) is 3.34. The summed E-state index contributed by atoms with van der Waals surface area (Å²) in [5, 5.41) is 3.16. The minimum Gasteiger partial charge on any atom is -0.480 e. The quantitative estimate of drug-likeness (QED) is 0.751. The van der Waals surface area contributed by atoms with E-state index >= 15 is 0 Å². The second-order valence-electron chi connectivity index (χ2n) is 2.99. The van der Waals surface area contributed by atoms with Crippen molar-refractivity contribution in [1.29, 1.82) is 0 Å². The SMILES string of the molecule is COc1nc(OC)n2nc(S(=O)(=O)Cl)nc2c1Br. The van der Waals surface area contributed by atoms with Gasteiger partial charge in [-0.15, -0.1) is 5.10 Å². The first-order valence-electron chi connectivity index (χ1n) is 4.37. The fraction of sp³-hybridized carbons (Fsp3) is 0.286. The molecular formula is C7H6BrClN4O4S. The molecule has 2 aromatic rings. The minimum absolute atomic E-state index is 0.0177. The first-order chi connectivity index (χ1) is 8.38. The molecule has 2 heterocycles. The molecule has 0 unspecified atom stereocenters. The van der Waals surface area contributed by atoms with Crippen LogP contribution < -0.4 is 9.47 Å². The number of hydrogen-bond donors (Lipinski definition) is 0. The Bertz CT molecular complexity index is 716. The van der Waals surface area contributed by atoms with Crippen LogP contribution in [0, 0.1) is 0 Å². The van der Waals surface area contributed by atoms with E-state index in [1.165, 1.54) is 14.2 Å². The van der Waals surface area contributed by atoms with Crippen molar-refractivity contribution in [2.75, 3.05) is 14.2 Å². The zero-order chi connectivity index (χ0) is 13.5. The van der Waals surface area contributed by atoms with E-state index in [-0.39, 0.29) is 17.5 Å². The zero-order valence-corrected chi connectivity index (χ0v) is 12.2. The van der Waals surface area contributed by atoms with Gasteiger partial charge in [-0.2, -0.15) is 14.5 Å². The van der Waals surface area contributed by atoms with Crippen molar-refractivity contribution in [3.8, 4) is 11.9 Å². The smallest absolute Gasteiger partial charge is 0.322 e. The maximum atomic E-state index is 11.2. The Labute approximate surface area is 114 Å². The summed E-state index contributed by atoms with van der Waals surface area (Å²) < 4.78 is 33.8. The molecule has 0 radical (unpaired) electrons. The Morgan fingerprint density at radius 1 is 1.28 bits per heavy atom. The Morgan fingerprint density at radius 2 is 1.94 bits per heavy atom. The third-order valence-corrected chi connectivity index (χ3v) is 3.66. The van der Waals surface area contributed by atoms with Crippen molar-refractivity contribution in [1.82, 2.24) is 19.6 Å². The molecule has 0 atom stereocenters. The van der Waals surface area contributed by atoms with Gasteiger partial charge in [0.1, 0.15) is 4.47 Å². The molecule has 18 heavy (non-hydrogen) atoms. The Hall–Kier alpha value is -1.13. The summed E-state index contributed by atoms with van der Waals surface area (Å²) in [6.07, 6.45) is 0. The van der Waals surface area contributed by atoms with Gasteiger partial charge in [0.15, 0.2) is 5.65 Å². The molecule has 0 spiro atoms. The van der Waals surface area contributed by atoms with E-state index in [0.717, 1.165) is 4.52 Å². The van der Waals surface area contributed by atoms with Crippen LogP contribution in [0.2, 0.25) is 0 Å². The molecule has 0 bridgehead atoms. The van der Waals surface area contributed by atoms with E-state index in [1.54, 1.807) is 0 Å². The summed E-state index contributed by atoms with van der Waals surface area (Å²) in [6, 6.07) is 0.0177. The molecule has 0 amide bonds. The van der Waals surface area contributed by atoms with Crippen molar-refractivity contribution < 1.29 is 17.9 Å². The van der Waals surface area contributed by atoms with Crippen LogP contribution in [0.25, 0.3) is 5.65 Å². The largest absolute Gasteiger partial charge is 0.480 e. The molecule has 0 fully saturated rings. The van der Waals surface area contributed by atoms with E-state index in [9.17, 15) is 8.42 Å². The van der Waals surface area contributed by atoms with Gasteiger partial charge in [0.25, 0.3) is 14.2 Å². The number of halogens is 2. The molecule has 2 aromatic heterocycles. The number of methoxy groups -OCH3 is 2. The van der Waals surface area contributed by atoms with Crippen LogP contribution in [0.5, 0.6) is 11.9 Å². The van der Waals surface area contributed by atoms with Gasteiger partial charge in [0.05, 0.1) is 14.2 Å². The Balaban J connectivity index is 2.86. The molecule has 2 rings (SSSR count). The predicted octanol–water partition coefficient (Wildman–Crippen LogP) is 0.832. The number of hydrogen-bond acceptors (Lipinski definition) is 7. The molecule has 11 heteroatoms. The van der Waals surface area contributed by atoms with Gasteiger partial charge < -0.3 is 9.47 Å². The third-order valence-electron chi connectivity index (χ3n) is 1.94. The topological polar surface area (TPSA) is 95.7 Å². The summed E-state index contributed by atoms with van der Waals surface area (Å²) in [5.74, 6) is 0.185. The molecule has 0 aromatic carbocycles. The standard InChI is InChI=1S/C7H6BrClN4O4S/c1-16-5-3(8)4-10-6(18(9,14)15)12-13(4)7(11-5)17-2/h1-2H3. The normalized spacial score (nSPS) is 11.8. The van der Waals surface area contributed by atoms with Crippen LogP contribution in [0.3, 0.4) is 0 Å². The zero-order valence-electron chi connectivity index (χ0n) is 9.09. The number of aromatic nitrogens is 4. The van der Waals surface area contributed by atoms with E-state index in [1.807, 2.05) is 0 Å². The third kappa shape index (κ3) is 2.10. The fourth-order valence-electron chi connectivity index (χ4n) is 1.22. The first-order valence-corrected chi connectivity index (χ1v) is 7.47. The summed E-state index contributed by atoms with van der Waals surface area (Å²) in [4.78, 5) is 7.75. The monoisotopic (exact) mass is 356 g/mol. The maximum absolute atomic E-state index is 11.2. The molecule has 0 aliphatic carbocycles. The van der Waals surface area contributed by atoms with Gasteiger partial charge in [0, 0.05) is 10.7 Å². The number of ether oxygens (including phenoxy) is 2. The molecule has 8 nitrogen and oxygen atoms in total. The summed E-state index contributed by atoms with van der Waals surface area (Å²) in [5.41, 5.74) is 0.165. The minimum atomic E-state index is -4.04. The highest BCUT2D eigenvalue weighted by Gasteiger charge is 2.23. The highest BCUT2D eigenvalue weighted by Crippen LogP contribution is 2.30. The van der Waals surface area contributed by atoms with Crippen molar-refractivity contribution in [3.05, 3.63) is 4.47 Å². The van der Waals surface area contributed by atoms with Crippen LogP contribution in [0.15, 0.2) is 9.63 Å². The lowest BCUT2D eigenvalue weighted by atomic mass is 10.6.